The zero-order chi connectivity index (χ0) is 55.2. The highest BCUT2D eigenvalue weighted by Crippen LogP contribution is 2.40. The van der Waals surface area contributed by atoms with Gasteiger partial charge in [-0.1, -0.05) is 38.1 Å². The third-order valence-corrected chi connectivity index (χ3v) is 16.3. The van der Waals surface area contributed by atoms with Gasteiger partial charge in [0, 0.05) is 90.4 Å². The molecule has 74 heavy (non-hydrogen) atoms. The number of hydrogen-bond donors (Lipinski definition) is 4. The molecule has 422 valence electrons. The van der Waals surface area contributed by atoms with E-state index in [4.69, 9.17) is 33.2 Å². The molecule has 4 heterocycles. The molecule has 0 radical (unpaired) electrons. The van der Waals surface area contributed by atoms with Crippen molar-refractivity contribution in [3.63, 3.8) is 0 Å². The van der Waals surface area contributed by atoms with Crippen LogP contribution >= 0.6 is 0 Å². The molecule has 0 aliphatic carbocycles. The molecule has 3 fully saturated rings. The van der Waals surface area contributed by atoms with Gasteiger partial charge >= 0.3 is 5.97 Å². The first-order chi connectivity index (χ1) is 34.6. The summed E-state index contributed by atoms with van der Waals surface area (Å²) in [6.07, 6.45) is -4.83. The number of cyclic esters (lactones) is 1. The molecule has 0 unspecified atom stereocenters. The lowest BCUT2D eigenvalue weighted by Gasteiger charge is -2.48. The van der Waals surface area contributed by atoms with Crippen molar-refractivity contribution < 1.29 is 67.6 Å². The van der Waals surface area contributed by atoms with Gasteiger partial charge in [0.05, 0.1) is 47.2 Å². The lowest BCUT2D eigenvalue weighted by Crippen LogP contribution is -2.59. The number of aliphatic hydroxyl groups excluding tert-OH is 2. The molecule has 3 saturated heterocycles. The van der Waals surface area contributed by atoms with Crippen LogP contribution in [0, 0.1) is 17.8 Å². The van der Waals surface area contributed by atoms with E-state index in [0.29, 0.717) is 49.2 Å². The van der Waals surface area contributed by atoms with Gasteiger partial charge < -0.3 is 68.3 Å². The second kappa shape index (κ2) is 25.9. The predicted molar refractivity (Wildman–Crippen MR) is 275 cm³/mol. The quantitative estimate of drug-likeness (QED) is 0.167. The molecule has 0 spiro atoms. The van der Waals surface area contributed by atoms with Crippen molar-refractivity contribution >= 4 is 11.9 Å². The molecule has 1 amide bonds. The number of methoxy groups -OCH3 is 2. The van der Waals surface area contributed by atoms with Crippen LogP contribution in [-0.2, 0) is 44.4 Å². The van der Waals surface area contributed by atoms with Crippen LogP contribution in [0.15, 0.2) is 30.5 Å². The number of carbonyl (C=O) groups is 2. The maximum Gasteiger partial charge on any atom is 0.311 e. The highest BCUT2D eigenvalue weighted by molar-refractivity contribution is 5.93. The predicted octanol–water partition coefficient (Wildman–Crippen LogP) is 4.73. The van der Waals surface area contributed by atoms with E-state index in [1.807, 2.05) is 46.7 Å². The van der Waals surface area contributed by atoms with E-state index in [1.165, 1.54) is 30.7 Å². The Bertz CT molecular complexity index is 2080. The molecule has 1 aromatic carbocycles. The molecule has 19 atom stereocenters. The summed E-state index contributed by atoms with van der Waals surface area (Å²) in [5.74, 6) is -2.74. The first kappa shape index (κ1) is 61.6. The second-order valence-electron chi connectivity index (χ2n) is 22.7. The Morgan fingerprint density at radius 1 is 0.946 bits per heavy atom. The maximum atomic E-state index is 14.8. The second-order valence-corrected chi connectivity index (χ2v) is 22.7. The van der Waals surface area contributed by atoms with Crippen molar-refractivity contribution in [1.29, 1.82) is 0 Å². The topological polar surface area (TPSA) is 220 Å². The number of aliphatic hydroxyl groups is 4. The van der Waals surface area contributed by atoms with Gasteiger partial charge in [-0.05, 0) is 105 Å². The molecule has 2 aromatic rings. The van der Waals surface area contributed by atoms with E-state index in [-0.39, 0.29) is 43.2 Å². The lowest BCUT2D eigenvalue weighted by molar-refractivity contribution is -0.308. The van der Waals surface area contributed by atoms with E-state index in [0.717, 1.165) is 0 Å². The van der Waals surface area contributed by atoms with Gasteiger partial charge in [0.1, 0.15) is 42.7 Å². The fourth-order valence-corrected chi connectivity index (χ4v) is 11.6. The Balaban J connectivity index is 1.41. The molecular formula is C54H91FN6O13. The summed E-state index contributed by atoms with van der Waals surface area (Å²) < 4.78 is 60.8. The molecule has 20 heteroatoms. The summed E-state index contributed by atoms with van der Waals surface area (Å²) in [7, 11) is 10.3. The number of rotatable bonds is 16. The maximum absolute atomic E-state index is 14.8. The van der Waals surface area contributed by atoms with Crippen molar-refractivity contribution in [3.05, 3.63) is 47.3 Å². The number of ether oxygens (including phenoxy) is 7. The summed E-state index contributed by atoms with van der Waals surface area (Å²) in [5.41, 5.74) is -2.55. The van der Waals surface area contributed by atoms with Crippen LogP contribution in [0.1, 0.15) is 135 Å². The summed E-state index contributed by atoms with van der Waals surface area (Å²) in [6, 6.07) is 5.53. The zero-order valence-electron chi connectivity index (χ0n) is 47.0. The molecule has 5 rings (SSSR count). The average molecular weight is 1050 g/mol. The molecule has 3 aliphatic heterocycles. The third kappa shape index (κ3) is 14.5. The van der Waals surface area contributed by atoms with Crippen molar-refractivity contribution in [3.8, 4) is 0 Å². The Hall–Kier alpha value is -3.25. The Labute approximate surface area is 439 Å². The van der Waals surface area contributed by atoms with Crippen molar-refractivity contribution in [2.45, 2.75) is 204 Å². The van der Waals surface area contributed by atoms with Crippen molar-refractivity contribution in [1.82, 2.24) is 29.7 Å². The molecule has 4 N–H and O–H groups in total. The van der Waals surface area contributed by atoms with Crippen molar-refractivity contribution in [2.75, 3.05) is 62.2 Å². The lowest BCUT2D eigenvalue weighted by atomic mass is 9.77. The van der Waals surface area contributed by atoms with Crippen LogP contribution in [0.3, 0.4) is 0 Å². The first-order valence-electron chi connectivity index (χ1n) is 26.5. The Morgan fingerprint density at radius 2 is 1.61 bits per heavy atom. The number of carbonyl (C=O) groups excluding carboxylic acids is 2. The molecule has 19 nitrogen and oxygen atoms in total. The van der Waals surface area contributed by atoms with E-state index < -0.39 is 109 Å². The van der Waals surface area contributed by atoms with Gasteiger partial charge in [-0.2, -0.15) is 0 Å². The monoisotopic (exact) mass is 1050 g/mol. The van der Waals surface area contributed by atoms with Gasteiger partial charge in [-0.25, -0.2) is 9.07 Å². The minimum Gasteiger partial charge on any atom is -0.459 e. The minimum absolute atomic E-state index is 0.0319. The smallest absolute Gasteiger partial charge is 0.311 e. The number of esters is 1. The van der Waals surface area contributed by atoms with Gasteiger partial charge in [-0.3, -0.25) is 9.59 Å². The Kier molecular flexibility index (Phi) is 21.6. The summed E-state index contributed by atoms with van der Waals surface area (Å²) in [6.45, 7) is 18.1. The molecule has 1 aromatic heterocycles. The van der Waals surface area contributed by atoms with E-state index in [2.05, 4.69) is 15.2 Å². The fraction of sp³-hybridized carbons (Fsp3) is 0.815. The number of likely N-dealkylation sites (N-methyl/N-ethyl adjacent to an activating group) is 2. The number of hydrogen-bond acceptors (Lipinski definition) is 17. The number of amides is 1. The number of nitrogens with zero attached hydrogens (tertiary/aromatic N) is 6. The SMILES string of the molecule is CC[C@H]1OC(=O)[C@H](C)[C@@H](O[C@H]2C[C@@](C)(OC)[C@@H](O)[C@H](C)O2)[C@H](C)[C@@H](O[C@H]2C[C@@H](N(C)CCc3cn([C@H](CF)[C@H](OC)c4ccc(C(=O)N(C)C)cc4)nn3)C[C@@H](C)O2)[C@](C)(O)C[C@@H](C)CN(C)[C@H](C)[C@@H](O)[C@]1(C)O. The van der Waals surface area contributed by atoms with Crippen LogP contribution in [0.25, 0.3) is 0 Å². The first-order valence-corrected chi connectivity index (χ1v) is 26.5. The normalized spacial score (nSPS) is 38.2. The highest BCUT2D eigenvalue weighted by atomic mass is 19.1. The highest BCUT2D eigenvalue weighted by Gasteiger charge is 2.52. The largest absolute Gasteiger partial charge is 0.459 e. The van der Waals surface area contributed by atoms with Crippen molar-refractivity contribution in [2.24, 2.45) is 17.8 Å². The number of aromatic nitrogens is 3. The van der Waals surface area contributed by atoms with Crippen LogP contribution in [-0.4, -0.2) is 208 Å². The zero-order valence-corrected chi connectivity index (χ0v) is 47.0. The molecule has 0 saturated carbocycles. The summed E-state index contributed by atoms with van der Waals surface area (Å²) in [4.78, 5) is 32.6. The van der Waals surface area contributed by atoms with Gasteiger partial charge in [0.15, 0.2) is 12.6 Å². The number of benzene rings is 1. The van der Waals surface area contributed by atoms with Gasteiger partial charge in [0.2, 0.25) is 0 Å². The van der Waals surface area contributed by atoms with E-state index in [1.54, 1.807) is 79.2 Å². The van der Waals surface area contributed by atoms with E-state index >= 15 is 0 Å². The summed E-state index contributed by atoms with van der Waals surface area (Å²) >= 11 is 0. The Morgan fingerprint density at radius 3 is 2.20 bits per heavy atom. The fourth-order valence-electron chi connectivity index (χ4n) is 11.6. The standard InChI is InChI=1S/C54H91FN6O13/c1-17-42-54(10,67)47(62)35(6)60(14)29-31(2)26-52(8,66)49(33(4)45(34(5)51(65)72-42)73-44-27-53(9,69-16)48(63)36(7)71-44)74-43-25-40(24-32(3)70-43)59(13)23-22-39-30-61(57-56-39)41(28-55)46(68-15)37-18-20-38(21-19-37)50(64)58(11)12/h18-21,30-36,40-49,62-63,66-67H,17,22-29H2,1-16H3/t31-,32-,33+,34-,35-,36+,40+,41-,42-,43+,44+,45+,46-,47-,48+,49-,52-,53-,54-/m1/s1. The number of halogens is 1. The van der Waals surface area contributed by atoms with Gasteiger partial charge in [-0.15, -0.1) is 5.10 Å². The van der Waals surface area contributed by atoms with Crippen LogP contribution < -0.4 is 0 Å². The van der Waals surface area contributed by atoms with Crippen LogP contribution in [0.2, 0.25) is 0 Å². The molecule has 3 aliphatic rings. The minimum atomic E-state index is -1.83. The van der Waals surface area contributed by atoms with Crippen LogP contribution in [0.4, 0.5) is 4.39 Å². The molecular weight excluding hydrogens is 960 g/mol. The third-order valence-electron chi connectivity index (χ3n) is 16.3. The molecule has 0 bridgehead atoms. The van der Waals surface area contributed by atoms with E-state index in [9.17, 15) is 34.4 Å². The van der Waals surface area contributed by atoms with Gasteiger partial charge in [0.25, 0.3) is 5.91 Å². The van der Waals surface area contributed by atoms with Crippen LogP contribution in [0.5, 0.6) is 0 Å². The number of alkyl halides is 1. The summed E-state index contributed by atoms with van der Waals surface area (Å²) in [5, 5.41) is 56.3. The average Bonchev–Trinajstić information content (AvgIpc) is 3.83.